The van der Waals surface area contributed by atoms with Gasteiger partial charge in [0.25, 0.3) is 5.91 Å². The molecule has 202 valence electrons. The number of ketones is 1. The number of fused-ring (bicyclic) bond motifs is 1. The Balaban J connectivity index is 1.18. The van der Waals surface area contributed by atoms with E-state index in [0.29, 0.717) is 30.4 Å². The molecule has 2 amide bonds. The number of benzene rings is 2. The summed E-state index contributed by atoms with van der Waals surface area (Å²) < 4.78 is 11.3. The van der Waals surface area contributed by atoms with Gasteiger partial charge >= 0.3 is 6.09 Å². The Kier molecular flexibility index (Phi) is 6.81. The van der Waals surface area contributed by atoms with Crippen LogP contribution in [0.5, 0.6) is 5.75 Å². The van der Waals surface area contributed by atoms with Crippen LogP contribution in [-0.4, -0.2) is 67.4 Å². The van der Waals surface area contributed by atoms with E-state index in [4.69, 9.17) is 9.47 Å². The summed E-state index contributed by atoms with van der Waals surface area (Å²) in [5.74, 6) is 0.316. The molecule has 1 fully saturated rings. The van der Waals surface area contributed by atoms with Gasteiger partial charge in [-0.3, -0.25) is 9.59 Å². The average Bonchev–Trinajstić information content (AvgIpc) is 3.48. The summed E-state index contributed by atoms with van der Waals surface area (Å²) in [5, 5.41) is 2.83. The van der Waals surface area contributed by atoms with Crippen LogP contribution in [0.4, 0.5) is 10.5 Å². The minimum absolute atomic E-state index is 0.0165. The predicted octanol–water partition coefficient (Wildman–Crippen LogP) is 4.27. The highest BCUT2D eigenvalue weighted by atomic mass is 16.6. The molecule has 0 atom stereocenters. The van der Waals surface area contributed by atoms with Crippen molar-refractivity contribution >= 4 is 34.5 Å². The van der Waals surface area contributed by atoms with Gasteiger partial charge in [-0.2, -0.15) is 0 Å². The second-order valence-electron chi connectivity index (χ2n) is 10.5. The summed E-state index contributed by atoms with van der Waals surface area (Å²) in [6.07, 6.45) is 0.815. The van der Waals surface area contributed by atoms with E-state index < -0.39 is 11.5 Å². The smallest absolute Gasteiger partial charge is 0.410 e. The van der Waals surface area contributed by atoms with Crippen LogP contribution in [0.25, 0.3) is 11.0 Å². The van der Waals surface area contributed by atoms with Crippen molar-refractivity contribution in [1.82, 2.24) is 24.8 Å². The highest BCUT2D eigenvalue weighted by molar-refractivity contribution is 6.11. The number of rotatable bonds is 7. The number of imidazole rings is 2. The zero-order valence-corrected chi connectivity index (χ0v) is 22.2. The molecule has 3 heterocycles. The number of hydrogen-bond acceptors (Lipinski definition) is 7. The summed E-state index contributed by atoms with van der Waals surface area (Å²) >= 11 is 0. The number of Topliss-reactive ketones (excluding diaryl/α,β-unsaturated/α-hetero) is 1. The molecule has 39 heavy (non-hydrogen) atoms. The monoisotopic (exact) mass is 530 g/mol. The van der Waals surface area contributed by atoms with Crippen molar-refractivity contribution in [2.75, 3.05) is 18.4 Å². The molecule has 2 aromatic carbocycles. The molecule has 1 saturated heterocycles. The fourth-order valence-corrected chi connectivity index (χ4v) is 4.22. The summed E-state index contributed by atoms with van der Waals surface area (Å²) in [6.45, 7) is 8.21. The lowest BCUT2D eigenvalue weighted by Crippen LogP contribution is -2.57. The first-order valence-electron chi connectivity index (χ1n) is 12.6. The molecule has 0 spiro atoms. The highest BCUT2D eigenvalue weighted by Gasteiger charge is 2.35. The van der Waals surface area contributed by atoms with Crippen molar-refractivity contribution in [2.45, 2.75) is 45.8 Å². The maximum Gasteiger partial charge on any atom is 0.410 e. The molecule has 2 aromatic heterocycles. The molecule has 0 bridgehead atoms. The topological polar surface area (TPSA) is 142 Å². The lowest BCUT2D eigenvalue weighted by atomic mass is 10.1. The Morgan fingerprint density at radius 1 is 1.13 bits per heavy atom. The number of aryl methyl sites for hydroxylation is 1. The maximum atomic E-state index is 13.0. The fraction of sp³-hybridized carbons (Fsp3) is 0.321. The van der Waals surface area contributed by atoms with Crippen LogP contribution in [0.1, 0.15) is 53.1 Å². The standard InChI is InChI=1S/C28H30N6O5/c1-16-11-17(38-18-13-34(14-18)27(37)39-28(2,3)4)9-10-19(16)33-26(36)25-24(29-15-30-25)22(35)12-23-31-20-7-5-6-8-21(20)32-23/h5-11,15,18H,12-14H2,1-4H3,(H,29,30)(H,31,32)(H,33,36). The maximum absolute atomic E-state index is 13.0. The van der Waals surface area contributed by atoms with Gasteiger partial charge in [-0.05, 0) is 63.6 Å². The summed E-state index contributed by atoms with van der Waals surface area (Å²) in [6, 6.07) is 12.8. The molecule has 5 rings (SSSR count). The Hall–Kier alpha value is -4.67. The van der Waals surface area contributed by atoms with Crippen molar-refractivity contribution in [3.63, 3.8) is 0 Å². The molecule has 0 saturated carbocycles. The molecule has 11 heteroatoms. The molecule has 3 N–H and O–H groups in total. The zero-order valence-electron chi connectivity index (χ0n) is 22.2. The Morgan fingerprint density at radius 3 is 2.62 bits per heavy atom. The first kappa shape index (κ1) is 26.0. The van der Waals surface area contributed by atoms with E-state index in [1.165, 1.54) is 6.33 Å². The van der Waals surface area contributed by atoms with Crippen LogP contribution < -0.4 is 10.1 Å². The predicted molar refractivity (Wildman–Crippen MR) is 144 cm³/mol. The zero-order chi connectivity index (χ0) is 27.7. The van der Waals surface area contributed by atoms with Crippen LogP contribution in [0.2, 0.25) is 0 Å². The number of hydrogen-bond donors (Lipinski definition) is 3. The Labute approximate surface area is 224 Å². The van der Waals surface area contributed by atoms with Gasteiger partial charge in [0, 0.05) is 5.69 Å². The Bertz CT molecular complexity index is 1510. The van der Waals surface area contributed by atoms with Crippen molar-refractivity contribution in [3.8, 4) is 5.75 Å². The van der Waals surface area contributed by atoms with Gasteiger partial charge in [0.05, 0.1) is 36.9 Å². The first-order valence-corrected chi connectivity index (χ1v) is 12.6. The number of para-hydroxylation sites is 2. The normalized spacial score (nSPS) is 13.7. The van der Waals surface area contributed by atoms with Gasteiger partial charge in [-0.25, -0.2) is 14.8 Å². The van der Waals surface area contributed by atoms with E-state index >= 15 is 0 Å². The highest BCUT2D eigenvalue weighted by Crippen LogP contribution is 2.26. The van der Waals surface area contributed by atoms with Crippen LogP contribution in [0, 0.1) is 6.92 Å². The number of nitrogens with zero attached hydrogens (tertiary/aromatic N) is 3. The largest absolute Gasteiger partial charge is 0.487 e. The number of ether oxygens (including phenoxy) is 2. The quantitative estimate of drug-likeness (QED) is 0.303. The second-order valence-corrected chi connectivity index (χ2v) is 10.5. The average molecular weight is 531 g/mol. The summed E-state index contributed by atoms with van der Waals surface area (Å²) in [5.41, 5.74) is 2.53. The minimum atomic E-state index is -0.542. The molecule has 1 aliphatic rings. The summed E-state index contributed by atoms with van der Waals surface area (Å²) in [4.78, 5) is 54.1. The van der Waals surface area contributed by atoms with E-state index in [-0.39, 0.29) is 35.8 Å². The van der Waals surface area contributed by atoms with E-state index in [9.17, 15) is 14.4 Å². The molecule has 0 unspecified atom stereocenters. The third kappa shape index (κ3) is 5.92. The number of anilines is 1. The van der Waals surface area contributed by atoms with Gasteiger partial charge in [0.15, 0.2) is 5.78 Å². The number of aromatic nitrogens is 4. The van der Waals surface area contributed by atoms with Crippen LogP contribution >= 0.6 is 0 Å². The van der Waals surface area contributed by atoms with Crippen molar-refractivity contribution in [1.29, 1.82) is 0 Å². The minimum Gasteiger partial charge on any atom is -0.487 e. The third-order valence-electron chi connectivity index (χ3n) is 6.15. The number of H-pyrrole nitrogens is 2. The van der Waals surface area contributed by atoms with Crippen molar-refractivity contribution in [2.24, 2.45) is 0 Å². The first-order chi connectivity index (χ1) is 18.6. The van der Waals surface area contributed by atoms with E-state index in [1.54, 1.807) is 17.0 Å². The molecule has 4 aromatic rings. The number of carbonyl (C=O) groups is 3. The molecule has 11 nitrogen and oxygen atoms in total. The van der Waals surface area contributed by atoms with Gasteiger partial charge in [-0.15, -0.1) is 0 Å². The molecule has 1 aliphatic heterocycles. The number of amides is 2. The lowest BCUT2D eigenvalue weighted by molar-refractivity contribution is -0.0221. The van der Waals surface area contributed by atoms with Crippen LogP contribution in [0.3, 0.4) is 0 Å². The third-order valence-corrected chi connectivity index (χ3v) is 6.15. The fourth-order valence-electron chi connectivity index (χ4n) is 4.22. The number of aromatic amines is 2. The number of nitrogens with one attached hydrogen (secondary N) is 3. The van der Waals surface area contributed by atoms with Gasteiger partial charge < -0.3 is 29.7 Å². The van der Waals surface area contributed by atoms with Crippen LogP contribution in [0.15, 0.2) is 48.8 Å². The number of carbonyl (C=O) groups excluding carboxylic acids is 3. The van der Waals surface area contributed by atoms with Crippen LogP contribution in [-0.2, 0) is 11.2 Å². The van der Waals surface area contributed by atoms with Gasteiger partial charge in [0.1, 0.15) is 34.7 Å². The number of likely N-dealkylation sites (tertiary alicyclic amines) is 1. The molecular formula is C28H30N6O5. The molecular weight excluding hydrogens is 500 g/mol. The van der Waals surface area contributed by atoms with Crippen molar-refractivity contribution < 1.29 is 23.9 Å². The van der Waals surface area contributed by atoms with E-state index in [1.807, 2.05) is 58.0 Å². The van der Waals surface area contributed by atoms with E-state index in [2.05, 4.69) is 25.3 Å². The van der Waals surface area contributed by atoms with Gasteiger partial charge in [0.2, 0.25) is 0 Å². The van der Waals surface area contributed by atoms with Crippen molar-refractivity contribution in [3.05, 3.63) is 71.6 Å². The van der Waals surface area contributed by atoms with E-state index in [0.717, 1.165) is 16.6 Å². The Morgan fingerprint density at radius 2 is 1.90 bits per heavy atom. The summed E-state index contributed by atoms with van der Waals surface area (Å²) in [7, 11) is 0. The SMILES string of the molecule is Cc1cc(OC2CN(C(=O)OC(C)(C)C)C2)ccc1NC(=O)c1[nH]cnc1C(=O)Cc1nc2ccccc2[nH]1. The van der Waals surface area contributed by atoms with Gasteiger partial charge in [-0.1, -0.05) is 12.1 Å². The molecule has 0 aliphatic carbocycles. The lowest BCUT2D eigenvalue weighted by Gasteiger charge is -2.39. The molecule has 0 radical (unpaired) electrons. The second kappa shape index (κ2) is 10.2.